The minimum absolute atomic E-state index is 0.119. The maximum absolute atomic E-state index is 11.8. The van der Waals surface area contributed by atoms with Crippen LogP contribution >= 0.6 is 0 Å². The summed E-state index contributed by atoms with van der Waals surface area (Å²) in [5.74, 6) is 0.119. The topological polar surface area (TPSA) is 49.9 Å². The minimum atomic E-state index is -0.313. The summed E-state index contributed by atoms with van der Waals surface area (Å²) in [6.07, 6.45) is 0.103. The largest absolute Gasteiger partial charge is 0.447 e. The van der Waals surface area contributed by atoms with Crippen molar-refractivity contribution in [2.45, 2.75) is 13.3 Å². The molecule has 0 unspecified atom stereocenters. The van der Waals surface area contributed by atoms with E-state index in [9.17, 15) is 9.59 Å². The van der Waals surface area contributed by atoms with Crippen LogP contribution in [0.1, 0.15) is 12.5 Å². The summed E-state index contributed by atoms with van der Waals surface area (Å²) in [4.78, 5) is 26.6. The molecule has 0 radical (unpaired) electrons. The van der Waals surface area contributed by atoms with Gasteiger partial charge in [0.25, 0.3) is 0 Å². The van der Waals surface area contributed by atoms with Gasteiger partial charge >= 0.3 is 6.09 Å². The molecule has 2 amide bonds. The van der Waals surface area contributed by atoms with Gasteiger partial charge in [0.15, 0.2) is 0 Å². The van der Waals surface area contributed by atoms with Crippen LogP contribution in [0.15, 0.2) is 18.2 Å². The average molecular weight is 246 g/mol. The number of likely N-dealkylation sites (N-methyl/N-ethyl adjacent to an activating group) is 1. The van der Waals surface area contributed by atoms with Gasteiger partial charge in [-0.05, 0) is 30.7 Å². The molecule has 0 aromatic heterocycles. The molecule has 0 saturated carbocycles. The van der Waals surface area contributed by atoms with Crippen LogP contribution in [0.2, 0.25) is 0 Å². The van der Waals surface area contributed by atoms with E-state index in [1.54, 1.807) is 9.80 Å². The summed E-state index contributed by atoms with van der Waals surface area (Å²) < 4.78 is 4.91. The number of benzene rings is 1. The zero-order valence-corrected chi connectivity index (χ0v) is 10.2. The van der Waals surface area contributed by atoms with Crippen molar-refractivity contribution < 1.29 is 14.3 Å². The maximum Gasteiger partial charge on any atom is 0.414 e. The molecule has 5 heteroatoms. The van der Waals surface area contributed by atoms with Crippen LogP contribution < -0.4 is 9.80 Å². The highest BCUT2D eigenvalue weighted by Gasteiger charge is 2.29. The number of fused-ring (bicyclic) bond motifs is 1. The lowest BCUT2D eigenvalue weighted by molar-refractivity contribution is -0.117. The van der Waals surface area contributed by atoms with Crippen LogP contribution in [0.25, 0.3) is 0 Å². The Bertz CT molecular complexity index is 527. The third-order valence-electron chi connectivity index (χ3n) is 3.39. The quantitative estimate of drug-likeness (QED) is 0.795. The van der Waals surface area contributed by atoms with Crippen LogP contribution in [-0.4, -0.2) is 31.7 Å². The summed E-state index contributed by atoms with van der Waals surface area (Å²) in [6, 6.07) is 5.69. The van der Waals surface area contributed by atoms with Crippen molar-refractivity contribution >= 4 is 23.4 Å². The van der Waals surface area contributed by atoms with E-state index in [0.717, 1.165) is 16.9 Å². The molecule has 3 rings (SSSR count). The standard InChI is InChI=1S/C13H14N2O3/c1-2-14-11-4-3-10(7-9(11)8-12(14)16)15-5-6-18-13(15)17/h3-4,7H,2,5-6,8H2,1H3. The Morgan fingerprint density at radius 2 is 2.17 bits per heavy atom. The predicted octanol–water partition coefficient (Wildman–Crippen LogP) is 1.55. The number of carbonyl (C=O) groups excluding carboxylic acids is 2. The number of hydrogen-bond acceptors (Lipinski definition) is 3. The lowest BCUT2D eigenvalue weighted by Crippen LogP contribution is -2.26. The molecule has 18 heavy (non-hydrogen) atoms. The second-order valence-corrected chi connectivity index (χ2v) is 4.39. The second kappa shape index (κ2) is 4.01. The Kier molecular flexibility index (Phi) is 2.47. The SMILES string of the molecule is CCN1C(=O)Cc2cc(N3CCOC3=O)ccc21. The number of anilines is 2. The van der Waals surface area contributed by atoms with Gasteiger partial charge in [0.2, 0.25) is 5.91 Å². The van der Waals surface area contributed by atoms with Gasteiger partial charge in [-0.15, -0.1) is 0 Å². The van der Waals surface area contributed by atoms with Gasteiger partial charge in [0, 0.05) is 17.9 Å². The first kappa shape index (κ1) is 11.1. The number of amides is 2. The van der Waals surface area contributed by atoms with Crippen LogP contribution in [0.5, 0.6) is 0 Å². The molecule has 0 aliphatic carbocycles. The Labute approximate surface area is 105 Å². The van der Waals surface area contributed by atoms with Gasteiger partial charge in [-0.2, -0.15) is 0 Å². The third kappa shape index (κ3) is 1.54. The zero-order chi connectivity index (χ0) is 12.7. The van der Waals surface area contributed by atoms with E-state index in [-0.39, 0.29) is 12.0 Å². The van der Waals surface area contributed by atoms with Crippen molar-refractivity contribution in [2.75, 3.05) is 29.5 Å². The molecule has 0 spiro atoms. The number of carbonyl (C=O) groups is 2. The van der Waals surface area contributed by atoms with E-state index < -0.39 is 0 Å². The highest BCUT2D eigenvalue weighted by Crippen LogP contribution is 2.32. The zero-order valence-electron chi connectivity index (χ0n) is 10.2. The van der Waals surface area contributed by atoms with Gasteiger partial charge in [-0.3, -0.25) is 9.69 Å². The van der Waals surface area contributed by atoms with Crippen molar-refractivity contribution in [3.8, 4) is 0 Å². The van der Waals surface area contributed by atoms with E-state index in [1.807, 2.05) is 25.1 Å². The predicted molar refractivity (Wildman–Crippen MR) is 66.9 cm³/mol. The first-order chi connectivity index (χ1) is 8.70. The van der Waals surface area contributed by atoms with Crippen LogP contribution in [0.3, 0.4) is 0 Å². The summed E-state index contributed by atoms with van der Waals surface area (Å²) in [6.45, 7) is 3.63. The monoisotopic (exact) mass is 246 g/mol. The number of rotatable bonds is 2. The molecule has 1 aromatic carbocycles. The lowest BCUT2D eigenvalue weighted by atomic mass is 10.1. The average Bonchev–Trinajstić information content (AvgIpc) is 2.90. The van der Waals surface area contributed by atoms with Gasteiger partial charge in [0.1, 0.15) is 6.61 Å². The van der Waals surface area contributed by atoms with Gasteiger partial charge in [-0.25, -0.2) is 4.79 Å². The van der Waals surface area contributed by atoms with E-state index in [4.69, 9.17) is 4.74 Å². The number of ether oxygens (including phenoxy) is 1. The van der Waals surface area contributed by atoms with Crippen LogP contribution in [-0.2, 0) is 16.0 Å². The molecule has 0 N–H and O–H groups in total. The molecular formula is C13H14N2O3. The van der Waals surface area contributed by atoms with Crippen molar-refractivity contribution in [3.05, 3.63) is 23.8 Å². The van der Waals surface area contributed by atoms with E-state index in [1.165, 1.54) is 0 Å². The maximum atomic E-state index is 11.8. The number of hydrogen-bond donors (Lipinski definition) is 0. The molecule has 1 saturated heterocycles. The Balaban J connectivity index is 1.96. The van der Waals surface area contributed by atoms with Crippen molar-refractivity contribution in [2.24, 2.45) is 0 Å². The highest BCUT2D eigenvalue weighted by molar-refractivity contribution is 6.02. The molecule has 94 valence electrons. The molecule has 2 heterocycles. The minimum Gasteiger partial charge on any atom is -0.447 e. The van der Waals surface area contributed by atoms with E-state index >= 15 is 0 Å². The Hall–Kier alpha value is -2.04. The fraction of sp³-hybridized carbons (Fsp3) is 0.385. The molecule has 1 fully saturated rings. The summed E-state index contributed by atoms with van der Waals surface area (Å²) in [5.41, 5.74) is 2.75. The molecule has 1 aromatic rings. The van der Waals surface area contributed by atoms with Crippen LogP contribution in [0, 0.1) is 0 Å². The molecule has 2 aliphatic heterocycles. The van der Waals surface area contributed by atoms with Crippen molar-refractivity contribution in [3.63, 3.8) is 0 Å². The lowest BCUT2D eigenvalue weighted by Gasteiger charge is -2.17. The fourth-order valence-corrected chi connectivity index (χ4v) is 2.51. The van der Waals surface area contributed by atoms with E-state index in [2.05, 4.69) is 0 Å². The summed E-state index contributed by atoms with van der Waals surface area (Å²) in [5, 5.41) is 0. The molecule has 0 bridgehead atoms. The summed E-state index contributed by atoms with van der Waals surface area (Å²) in [7, 11) is 0. The summed E-state index contributed by atoms with van der Waals surface area (Å²) >= 11 is 0. The van der Waals surface area contributed by atoms with Gasteiger partial charge in [-0.1, -0.05) is 0 Å². The van der Waals surface area contributed by atoms with Gasteiger partial charge in [0.05, 0.1) is 13.0 Å². The van der Waals surface area contributed by atoms with Crippen LogP contribution in [0.4, 0.5) is 16.2 Å². The van der Waals surface area contributed by atoms with Crippen molar-refractivity contribution in [1.82, 2.24) is 0 Å². The fourth-order valence-electron chi connectivity index (χ4n) is 2.51. The van der Waals surface area contributed by atoms with E-state index in [0.29, 0.717) is 26.1 Å². The second-order valence-electron chi connectivity index (χ2n) is 4.39. The molecular weight excluding hydrogens is 232 g/mol. The Morgan fingerprint density at radius 3 is 2.83 bits per heavy atom. The van der Waals surface area contributed by atoms with Crippen molar-refractivity contribution in [1.29, 1.82) is 0 Å². The normalized spacial score (nSPS) is 18.3. The third-order valence-corrected chi connectivity index (χ3v) is 3.39. The highest BCUT2D eigenvalue weighted by atomic mass is 16.6. The Morgan fingerprint density at radius 1 is 1.33 bits per heavy atom. The first-order valence-electron chi connectivity index (χ1n) is 6.08. The molecule has 2 aliphatic rings. The number of cyclic esters (lactones) is 1. The number of nitrogens with zero attached hydrogens (tertiary/aromatic N) is 2. The van der Waals surface area contributed by atoms with Gasteiger partial charge < -0.3 is 9.64 Å². The first-order valence-corrected chi connectivity index (χ1v) is 6.08. The molecule has 5 nitrogen and oxygen atoms in total. The smallest absolute Gasteiger partial charge is 0.414 e. The molecule has 0 atom stereocenters.